The van der Waals surface area contributed by atoms with Crippen LogP contribution < -0.4 is 0 Å². The summed E-state index contributed by atoms with van der Waals surface area (Å²) in [5.74, 6) is 1.27. The Hall–Kier alpha value is -1.80. The molecule has 19 heavy (non-hydrogen) atoms. The summed E-state index contributed by atoms with van der Waals surface area (Å²) < 4.78 is 11.3. The van der Waals surface area contributed by atoms with Gasteiger partial charge in [0.05, 0.1) is 12.9 Å². The minimum atomic E-state index is 0.0335. The van der Waals surface area contributed by atoms with Crippen LogP contribution in [-0.2, 0) is 11.2 Å². The summed E-state index contributed by atoms with van der Waals surface area (Å²) in [6.07, 6.45) is 3.83. The van der Waals surface area contributed by atoms with Crippen molar-refractivity contribution in [1.82, 2.24) is 0 Å². The highest BCUT2D eigenvalue weighted by atomic mass is 16.5. The fourth-order valence-corrected chi connectivity index (χ4v) is 2.69. The van der Waals surface area contributed by atoms with Gasteiger partial charge in [0.1, 0.15) is 11.9 Å². The molecule has 98 valence electrons. The maximum absolute atomic E-state index is 5.82. The fourth-order valence-electron chi connectivity index (χ4n) is 2.69. The second kappa shape index (κ2) is 5.45. The van der Waals surface area contributed by atoms with Crippen LogP contribution in [0, 0.1) is 5.92 Å². The summed E-state index contributed by atoms with van der Waals surface area (Å²) in [6, 6.07) is 14.4. The molecule has 0 spiro atoms. The molecule has 1 aliphatic heterocycles. The molecule has 0 radical (unpaired) electrons. The van der Waals surface area contributed by atoms with Gasteiger partial charge in [-0.3, -0.25) is 0 Å². The van der Waals surface area contributed by atoms with Crippen molar-refractivity contribution in [2.24, 2.45) is 5.92 Å². The van der Waals surface area contributed by atoms with E-state index in [2.05, 4.69) is 30.8 Å². The molecule has 2 heteroatoms. The van der Waals surface area contributed by atoms with E-state index < -0.39 is 0 Å². The van der Waals surface area contributed by atoms with Crippen molar-refractivity contribution in [2.45, 2.75) is 18.9 Å². The Morgan fingerprint density at radius 1 is 1.11 bits per heavy atom. The van der Waals surface area contributed by atoms with E-state index in [9.17, 15) is 0 Å². The zero-order valence-electron chi connectivity index (χ0n) is 10.9. The summed E-state index contributed by atoms with van der Waals surface area (Å²) in [4.78, 5) is 0. The minimum Gasteiger partial charge on any atom is -0.467 e. The van der Waals surface area contributed by atoms with Crippen molar-refractivity contribution in [3.8, 4) is 0 Å². The van der Waals surface area contributed by atoms with Gasteiger partial charge in [0.15, 0.2) is 0 Å². The Morgan fingerprint density at radius 2 is 1.95 bits per heavy atom. The lowest BCUT2D eigenvalue weighted by Crippen LogP contribution is -2.09. The number of hydrogen-bond donors (Lipinski definition) is 0. The van der Waals surface area contributed by atoms with Crippen molar-refractivity contribution in [3.05, 3.63) is 72.2 Å². The van der Waals surface area contributed by atoms with Crippen molar-refractivity contribution in [1.29, 1.82) is 0 Å². The fraction of sp³-hybridized carbons (Fsp3) is 0.294. The van der Waals surface area contributed by atoms with Crippen LogP contribution in [0.4, 0.5) is 0 Å². The number of furan rings is 1. The van der Waals surface area contributed by atoms with Gasteiger partial charge in [-0.2, -0.15) is 0 Å². The van der Waals surface area contributed by atoms with Crippen molar-refractivity contribution in [2.75, 3.05) is 6.61 Å². The molecule has 1 aliphatic rings. The average Bonchev–Trinajstić information content (AvgIpc) is 3.07. The van der Waals surface area contributed by atoms with E-state index in [0.29, 0.717) is 12.5 Å². The van der Waals surface area contributed by atoms with Crippen LogP contribution >= 0.6 is 0 Å². The largest absolute Gasteiger partial charge is 0.467 e. The first-order chi connectivity index (χ1) is 9.34. The Bertz CT molecular complexity index is 528. The summed E-state index contributed by atoms with van der Waals surface area (Å²) >= 11 is 0. The normalized spacial score (nSPS) is 22.8. The topological polar surface area (TPSA) is 22.4 Å². The van der Waals surface area contributed by atoms with Crippen LogP contribution in [0.15, 0.2) is 65.3 Å². The molecule has 0 saturated carbocycles. The van der Waals surface area contributed by atoms with E-state index in [1.165, 1.54) is 11.1 Å². The summed E-state index contributed by atoms with van der Waals surface area (Å²) in [6.45, 7) is 4.79. The van der Waals surface area contributed by atoms with Crippen LogP contribution in [0.25, 0.3) is 0 Å². The minimum absolute atomic E-state index is 0.0335. The third kappa shape index (κ3) is 2.64. The van der Waals surface area contributed by atoms with Gasteiger partial charge in [0.25, 0.3) is 0 Å². The summed E-state index contributed by atoms with van der Waals surface area (Å²) in [5.41, 5.74) is 2.54. The van der Waals surface area contributed by atoms with Crippen molar-refractivity contribution < 1.29 is 9.15 Å². The van der Waals surface area contributed by atoms with Gasteiger partial charge in [-0.1, -0.05) is 36.9 Å². The third-order valence-corrected chi connectivity index (χ3v) is 3.75. The highest BCUT2D eigenvalue weighted by Crippen LogP contribution is 2.40. The maximum atomic E-state index is 5.82. The molecule has 1 fully saturated rings. The van der Waals surface area contributed by atoms with E-state index in [1.807, 2.05) is 18.2 Å². The van der Waals surface area contributed by atoms with E-state index in [0.717, 1.165) is 18.6 Å². The van der Waals surface area contributed by atoms with Crippen molar-refractivity contribution in [3.63, 3.8) is 0 Å². The van der Waals surface area contributed by atoms with E-state index in [-0.39, 0.29) is 6.10 Å². The van der Waals surface area contributed by atoms with Crippen LogP contribution in [-0.4, -0.2) is 6.61 Å². The Morgan fingerprint density at radius 3 is 2.68 bits per heavy atom. The molecule has 1 saturated heterocycles. The van der Waals surface area contributed by atoms with Gasteiger partial charge in [-0.05, 0) is 36.1 Å². The number of ether oxygens (including phenoxy) is 1. The SMILES string of the molecule is C=C1COC(c2ccco2)C1CCc1ccccc1. The molecular formula is C17H18O2. The quantitative estimate of drug-likeness (QED) is 0.764. The molecule has 0 bridgehead atoms. The molecule has 3 rings (SSSR count). The molecule has 0 amide bonds. The smallest absolute Gasteiger partial charge is 0.133 e. The molecule has 1 aromatic heterocycles. The monoisotopic (exact) mass is 254 g/mol. The Balaban J connectivity index is 1.69. The predicted octanol–water partition coefficient (Wildman–Crippen LogP) is 4.16. The molecule has 2 nitrogen and oxygen atoms in total. The molecule has 2 unspecified atom stereocenters. The molecule has 2 atom stereocenters. The van der Waals surface area contributed by atoms with Crippen molar-refractivity contribution >= 4 is 0 Å². The molecular weight excluding hydrogens is 236 g/mol. The van der Waals surface area contributed by atoms with E-state index in [4.69, 9.17) is 9.15 Å². The number of aryl methyl sites for hydroxylation is 1. The predicted molar refractivity (Wildman–Crippen MR) is 74.8 cm³/mol. The van der Waals surface area contributed by atoms with Crippen LogP contribution in [0.2, 0.25) is 0 Å². The first-order valence-electron chi connectivity index (χ1n) is 6.71. The number of rotatable bonds is 4. The van der Waals surface area contributed by atoms with Gasteiger partial charge in [-0.15, -0.1) is 0 Å². The summed E-state index contributed by atoms with van der Waals surface area (Å²) in [7, 11) is 0. The van der Waals surface area contributed by atoms with Gasteiger partial charge in [0, 0.05) is 5.92 Å². The van der Waals surface area contributed by atoms with Gasteiger partial charge >= 0.3 is 0 Å². The number of hydrogen-bond acceptors (Lipinski definition) is 2. The molecule has 0 N–H and O–H groups in total. The van der Waals surface area contributed by atoms with E-state index in [1.54, 1.807) is 6.26 Å². The van der Waals surface area contributed by atoms with Gasteiger partial charge in [0.2, 0.25) is 0 Å². The highest BCUT2D eigenvalue weighted by molar-refractivity contribution is 5.19. The zero-order valence-corrected chi connectivity index (χ0v) is 10.9. The van der Waals surface area contributed by atoms with Crippen LogP contribution in [0.3, 0.4) is 0 Å². The lowest BCUT2D eigenvalue weighted by Gasteiger charge is -2.17. The van der Waals surface area contributed by atoms with Gasteiger partial charge < -0.3 is 9.15 Å². The second-order valence-electron chi connectivity index (χ2n) is 5.04. The lowest BCUT2D eigenvalue weighted by molar-refractivity contribution is 0.0705. The average molecular weight is 254 g/mol. The lowest BCUT2D eigenvalue weighted by atomic mass is 9.89. The second-order valence-corrected chi connectivity index (χ2v) is 5.04. The first-order valence-corrected chi connectivity index (χ1v) is 6.71. The Labute approximate surface area is 113 Å². The van der Waals surface area contributed by atoms with Gasteiger partial charge in [-0.25, -0.2) is 0 Å². The molecule has 2 aromatic rings. The maximum Gasteiger partial charge on any atom is 0.133 e. The summed E-state index contributed by atoms with van der Waals surface area (Å²) in [5, 5.41) is 0. The Kier molecular flexibility index (Phi) is 3.51. The third-order valence-electron chi connectivity index (χ3n) is 3.75. The molecule has 1 aromatic carbocycles. The van der Waals surface area contributed by atoms with Crippen LogP contribution in [0.1, 0.15) is 23.8 Å². The molecule has 0 aliphatic carbocycles. The van der Waals surface area contributed by atoms with Crippen LogP contribution in [0.5, 0.6) is 0 Å². The zero-order chi connectivity index (χ0) is 13.1. The standard InChI is InChI=1S/C17H18O2/c1-13-12-19-17(16-8-5-11-18-16)15(13)10-9-14-6-3-2-4-7-14/h2-8,11,15,17H,1,9-10,12H2. The number of benzene rings is 1. The first kappa shape index (κ1) is 12.2. The highest BCUT2D eigenvalue weighted by Gasteiger charge is 2.33. The molecule has 2 heterocycles. The van der Waals surface area contributed by atoms with E-state index >= 15 is 0 Å².